The zero-order chi connectivity index (χ0) is 15.9. The van der Waals surface area contributed by atoms with Crippen molar-refractivity contribution in [3.63, 3.8) is 0 Å². The highest BCUT2D eigenvalue weighted by Crippen LogP contribution is 2.38. The Morgan fingerprint density at radius 1 is 0.824 bits per heavy atom. The molecule has 0 N–H and O–H groups in total. The van der Waals surface area contributed by atoms with Gasteiger partial charge in [0.25, 0.3) is 0 Å². The quantitative estimate of drug-likeness (QED) is 0.571. The third-order valence-electron chi connectivity index (χ3n) is 1.76. The molecular weight excluding hydrogens is 318 g/mol. The van der Waals surface area contributed by atoms with Crippen LogP contribution in [0.3, 0.4) is 0 Å². The van der Waals surface area contributed by atoms with Gasteiger partial charge in [-0.25, -0.2) is 0 Å². The van der Waals surface area contributed by atoms with Crippen molar-refractivity contribution in [3.05, 3.63) is 56.4 Å². The van der Waals surface area contributed by atoms with Gasteiger partial charge < -0.3 is 0 Å². The Morgan fingerprint density at radius 2 is 1.41 bits per heavy atom. The molecule has 2 rings (SSSR count). The van der Waals surface area contributed by atoms with Crippen LogP contribution in [0, 0.1) is 0 Å². The van der Waals surface area contributed by atoms with Gasteiger partial charge in [0.2, 0.25) is 0 Å². The van der Waals surface area contributed by atoms with Gasteiger partial charge in [-0.05, 0) is 36.3 Å². The first-order chi connectivity index (χ1) is 9.73. The fourth-order valence-electron chi connectivity index (χ4n) is 1.03. The summed E-state index contributed by atoms with van der Waals surface area (Å²) >= 11 is 24.6. The van der Waals surface area contributed by atoms with E-state index in [1.807, 2.05) is 0 Å². The van der Waals surface area contributed by atoms with E-state index in [1.54, 1.807) is 0 Å². The molecule has 0 atom stereocenters. The second kappa shape index (κ2) is 5.73. The smallest absolute Gasteiger partial charge is 0.0639 e. The maximum Gasteiger partial charge on any atom is 0.0639 e. The Bertz CT molecular complexity index is 707. The van der Waals surface area contributed by atoms with E-state index in [-0.39, 0.29) is 39.1 Å². The van der Waals surface area contributed by atoms with Crippen LogP contribution in [0.5, 0.6) is 0 Å². The van der Waals surface area contributed by atoms with Crippen LogP contribution in [0.4, 0.5) is 0 Å². The molecule has 0 aromatic heterocycles. The van der Waals surface area contributed by atoms with Gasteiger partial charge in [-0.2, -0.15) is 0 Å². The highest BCUT2D eigenvalue weighted by molar-refractivity contribution is 7.99. The lowest BCUT2D eigenvalue weighted by atomic mass is 10.3. The second-order valence-electron chi connectivity index (χ2n) is 2.94. The Morgan fingerprint density at radius 3 is 2.06 bits per heavy atom. The van der Waals surface area contributed by atoms with Gasteiger partial charge >= 0.3 is 0 Å². The van der Waals surface area contributed by atoms with Crippen molar-refractivity contribution in [3.8, 4) is 0 Å². The number of hydrogen-bond acceptors (Lipinski definition) is 1. The van der Waals surface area contributed by atoms with Crippen LogP contribution >= 0.6 is 58.2 Å². The number of halogens is 4. The van der Waals surface area contributed by atoms with Gasteiger partial charge in [-0.3, -0.25) is 0 Å². The number of rotatable bonds is 2. The summed E-state index contributed by atoms with van der Waals surface area (Å²) in [6.07, 6.45) is 0. The van der Waals surface area contributed by atoms with Crippen LogP contribution in [0.1, 0.15) is 5.48 Å². The Hall–Kier alpha value is -0.0500. The summed E-state index contributed by atoms with van der Waals surface area (Å²) in [6.45, 7) is 0. The molecule has 0 amide bonds. The first-order valence-electron chi connectivity index (χ1n) is 6.32. The van der Waals surface area contributed by atoms with E-state index < -0.39 is 0 Å². The van der Waals surface area contributed by atoms with Crippen LogP contribution in [-0.2, 0) is 0 Å². The van der Waals surface area contributed by atoms with E-state index in [1.165, 1.54) is 12.1 Å². The summed E-state index contributed by atoms with van der Waals surface area (Å²) in [5, 5.41) is 0.672. The van der Waals surface area contributed by atoms with Crippen molar-refractivity contribution in [2.45, 2.75) is 9.79 Å². The Kier molecular flexibility index (Phi) is 3.01. The lowest BCUT2D eigenvalue weighted by molar-refractivity contribution is 1.41. The minimum Gasteiger partial charge on any atom is -0.0885 e. The van der Waals surface area contributed by atoms with Crippen molar-refractivity contribution >= 4 is 58.2 Å². The average Bonchev–Trinajstić information content (AvgIpc) is 2.44. The highest BCUT2D eigenvalue weighted by atomic mass is 35.5. The number of hydrogen-bond donors (Lipinski definition) is 0. The van der Waals surface area contributed by atoms with Gasteiger partial charge in [0.05, 0.1) is 20.6 Å². The highest BCUT2D eigenvalue weighted by Gasteiger charge is 2.07. The summed E-state index contributed by atoms with van der Waals surface area (Å²) in [7, 11) is 0. The minimum absolute atomic E-state index is 0.120. The molecular formula is C12H6Cl4S. The molecule has 2 aromatic carbocycles. The molecule has 0 saturated heterocycles. The summed E-state index contributed by atoms with van der Waals surface area (Å²) in [5.41, 5.74) is 0. The van der Waals surface area contributed by atoms with Crippen molar-refractivity contribution < 1.29 is 5.48 Å². The van der Waals surface area contributed by atoms with Gasteiger partial charge in [-0.15, -0.1) is 0 Å². The van der Waals surface area contributed by atoms with E-state index in [4.69, 9.17) is 51.9 Å². The Balaban J connectivity index is 2.58. The molecule has 0 aliphatic carbocycles. The molecule has 5 heteroatoms. The third kappa shape index (κ3) is 3.46. The van der Waals surface area contributed by atoms with E-state index in [9.17, 15) is 0 Å². The fraction of sp³-hybridized carbons (Fsp3) is 0. The van der Waals surface area contributed by atoms with Crippen molar-refractivity contribution in [2.24, 2.45) is 0 Å². The van der Waals surface area contributed by atoms with E-state index in [2.05, 4.69) is 0 Å². The van der Waals surface area contributed by atoms with Gasteiger partial charge in [0, 0.05) is 14.8 Å². The van der Waals surface area contributed by atoms with Crippen LogP contribution in [0.2, 0.25) is 20.1 Å². The standard InChI is InChI=1S/C12H6Cl4S/c13-7-1-3-8(4-2-7)17-12-6-10(15)9(14)5-11(12)16/h1-6H/i1D,2D,3D,4D. The van der Waals surface area contributed by atoms with Crippen molar-refractivity contribution in [1.29, 1.82) is 0 Å². The normalized spacial score (nSPS) is 13.9. The van der Waals surface area contributed by atoms with Crippen molar-refractivity contribution in [2.75, 3.05) is 0 Å². The molecule has 0 nitrogen and oxygen atoms in total. The topological polar surface area (TPSA) is 0 Å². The van der Waals surface area contributed by atoms with E-state index >= 15 is 0 Å². The lowest BCUT2D eigenvalue weighted by Gasteiger charge is -2.06. The molecule has 17 heavy (non-hydrogen) atoms. The molecule has 0 heterocycles. The molecule has 0 aliphatic rings. The molecule has 0 unspecified atom stereocenters. The van der Waals surface area contributed by atoms with Crippen LogP contribution < -0.4 is 0 Å². The summed E-state index contributed by atoms with van der Waals surface area (Å²) in [4.78, 5) is 0.601. The lowest BCUT2D eigenvalue weighted by Crippen LogP contribution is -1.78. The molecule has 2 aromatic rings. The molecule has 0 radical (unpaired) electrons. The zero-order valence-corrected chi connectivity index (χ0v) is 11.9. The summed E-state index contributed by atoms with van der Waals surface area (Å²) in [6, 6.07) is 1.92. The van der Waals surface area contributed by atoms with Crippen LogP contribution in [0.15, 0.2) is 46.1 Å². The van der Waals surface area contributed by atoms with Crippen molar-refractivity contribution in [1.82, 2.24) is 0 Å². The molecule has 0 spiro atoms. The molecule has 0 bridgehead atoms. The maximum atomic E-state index is 7.89. The zero-order valence-electron chi connectivity index (χ0n) is 12.1. The average molecular weight is 328 g/mol. The summed E-state index contributed by atoms with van der Waals surface area (Å²) < 4.78 is 31.2. The van der Waals surface area contributed by atoms with Crippen LogP contribution in [-0.4, -0.2) is 0 Å². The Labute approximate surface area is 129 Å². The minimum atomic E-state index is -0.295. The molecule has 0 saturated carbocycles. The molecule has 88 valence electrons. The largest absolute Gasteiger partial charge is 0.0885 e. The first-order valence-corrected chi connectivity index (χ1v) is 6.65. The fourth-order valence-corrected chi connectivity index (χ4v) is 2.61. The van der Waals surface area contributed by atoms with Gasteiger partial charge in [-0.1, -0.05) is 58.2 Å². The van der Waals surface area contributed by atoms with E-state index in [0.29, 0.717) is 14.9 Å². The summed E-state index contributed by atoms with van der Waals surface area (Å²) in [5.74, 6) is 0. The first kappa shape index (κ1) is 8.95. The van der Waals surface area contributed by atoms with Crippen LogP contribution in [0.25, 0.3) is 0 Å². The molecule has 0 aliphatic heterocycles. The predicted octanol–water partition coefficient (Wildman–Crippen LogP) is 6.45. The maximum absolute atomic E-state index is 7.89. The SMILES string of the molecule is [2H]c1c([2H])c(Sc2cc(Cl)c(Cl)cc2Cl)c([2H])c([2H])c1Cl. The monoisotopic (exact) mass is 326 g/mol. The predicted molar refractivity (Wildman–Crippen MR) is 77.0 cm³/mol. The molecule has 0 fully saturated rings. The third-order valence-corrected chi connectivity index (χ3v) is 4.06. The second-order valence-corrected chi connectivity index (χ2v) is 5.59. The van der Waals surface area contributed by atoms with Gasteiger partial charge in [0.1, 0.15) is 0 Å². The number of benzene rings is 2. The van der Waals surface area contributed by atoms with Gasteiger partial charge in [0.15, 0.2) is 0 Å². The van der Waals surface area contributed by atoms with E-state index in [0.717, 1.165) is 11.8 Å².